The van der Waals surface area contributed by atoms with Gasteiger partial charge in [-0.2, -0.15) is 11.3 Å². The lowest BCUT2D eigenvalue weighted by molar-refractivity contribution is -0.129. The van der Waals surface area contributed by atoms with Gasteiger partial charge in [0.25, 0.3) is 0 Å². The van der Waals surface area contributed by atoms with E-state index >= 15 is 0 Å². The fourth-order valence-electron chi connectivity index (χ4n) is 3.90. The number of hydrogen-bond donors (Lipinski definition) is 0. The van der Waals surface area contributed by atoms with Crippen molar-refractivity contribution in [1.29, 1.82) is 0 Å². The summed E-state index contributed by atoms with van der Waals surface area (Å²) < 4.78 is 2.10. The van der Waals surface area contributed by atoms with Crippen LogP contribution in [0.2, 0.25) is 0 Å². The van der Waals surface area contributed by atoms with Gasteiger partial charge in [-0.05, 0) is 80.3 Å². The lowest BCUT2D eigenvalue weighted by Gasteiger charge is -2.22. The number of thioether (sulfide) groups is 1. The molecule has 1 fully saturated rings. The molecule has 2 heterocycles. The first-order valence-electron chi connectivity index (χ1n) is 11.4. The standard InChI is InChI=1S/C24H31N5OS2/c1-4-27(5-2)20-9-7-19(8-10-20)23-25-26-24(28(23)6-3)32-17-22(30)29(21-11-12-21)15-18-13-14-31-16-18/h7-10,13-14,16,21H,4-6,11-12,15,17H2,1-3H3. The first-order chi connectivity index (χ1) is 15.6. The van der Waals surface area contributed by atoms with Crippen molar-refractivity contribution in [2.75, 3.05) is 23.7 Å². The van der Waals surface area contributed by atoms with Gasteiger partial charge in [-0.25, -0.2) is 0 Å². The maximum Gasteiger partial charge on any atom is 0.233 e. The Bertz CT molecular complexity index is 1010. The minimum atomic E-state index is 0.180. The van der Waals surface area contributed by atoms with Crippen molar-refractivity contribution >= 4 is 34.7 Å². The molecule has 0 N–H and O–H groups in total. The molecular formula is C24H31N5OS2. The largest absolute Gasteiger partial charge is 0.372 e. The number of carbonyl (C=O) groups is 1. The zero-order valence-electron chi connectivity index (χ0n) is 19.0. The molecule has 0 bridgehead atoms. The molecule has 0 atom stereocenters. The molecule has 0 saturated heterocycles. The Morgan fingerprint density at radius 2 is 1.88 bits per heavy atom. The number of nitrogens with zero attached hydrogens (tertiary/aromatic N) is 5. The molecule has 32 heavy (non-hydrogen) atoms. The summed E-state index contributed by atoms with van der Waals surface area (Å²) >= 11 is 3.17. The second-order valence-corrected chi connectivity index (χ2v) is 9.67. The van der Waals surface area contributed by atoms with Gasteiger partial charge in [0.1, 0.15) is 0 Å². The fourth-order valence-corrected chi connectivity index (χ4v) is 5.45. The molecule has 6 nitrogen and oxygen atoms in total. The van der Waals surface area contributed by atoms with E-state index in [-0.39, 0.29) is 5.91 Å². The van der Waals surface area contributed by atoms with E-state index in [0.29, 0.717) is 18.3 Å². The minimum absolute atomic E-state index is 0.180. The summed E-state index contributed by atoms with van der Waals surface area (Å²) in [5, 5.41) is 13.9. The maximum atomic E-state index is 13.0. The van der Waals surface area contributed by atoms with E-state index in [2.05, 4.69) is 81.5 Å². The van der Waals surface area contributed by atoms with Crippen molar-refractivity contribution < 1.29 is 4.79 Å². The third kappa shape index (κ3) is 5.18. The van der Waals surface area contributed by atoms with Crippen molar-refractivity contribution in [2.45, 2.75) is 57.9 Å². The third-order valence-electron chi connectivity index (χ3n) is 5.85. The van der Waals surface area contributed by atoms with Crippen molar-refractivity contribution in [3.63, 3.8) is 0 Å². The molecule has 3 aromatic rings. The molecule has 1 aromatic carbocycles. The van der Waals surface area contributed by atoms with E-state index < -0.39 is 0 Å². The van der Waals surface area contributed by atoms with Gasteiger partial charge in [-0.1, -0.05) is 11.8 Å². The summed E-state index contributed by atoms with van der Waals surface area (Å²) in [6.07, 6.45) is 2.22. The Morgan fingerprint density at radius 1 is 1.12 bits per heavy atom. The Morgan fingerprint density at radius 3 is 2.47 bits per heavy atom. The van der Waals surface area contributed by atoms with Crippen LogP contribution in [0, 0.1) is 0 Å². The van der Waals surface area contributed by atoms with Crippen LogP contribution in [0.4, 0.5) is 5.69 Å². The number of carbonyl (C=O) groups excluding carboxylic acids is 1. The summed E-state index contributed by atoms with van der Waals surface area (Å²) in [5.74, 6) is 1.42. The van der Waals surface area contributed by atoms with Crippen LogP contribution in [-0.2, 0) is 17.9 Å². The van der Waals surface area contributed by atoms with Crippen LogP contribution in [0.1, 0.15) is 39.2 Å². The van der Waals surface area contributed by atoms with Gasteiger partial charge >= 0.3 is 0 Å². The van der Waals surface area contributed by atoms with Crippen molar-refractivity contribution in [3.05, 3.63) is 46.7 Å². The average Bonchev–Trinajstić information content (AvgIpc) is 3.36. The predicted molar refractivity (Wildman–Crippen MR) is 133 cm³/mol. The Hall–Kier alpha value is -2.32. The lowest BCUT2D eigenvalue weighted by Crippen LogP contribution is -2.33. The number of thiophene rings is 1. The smallest absolute Gasteiger partial charge is 0.233 e. The van der Waals surface area contributed by atoms with Crippen LogP contribution < -0.4 is 4.90 Å². The summed E-state index contributed by atoms with van der Waals surface area (Å²) in [4.78, 5) is 17.4. The molecule has 1 amide bonds. The molecule has 0 spiro atoms. The van der Waals surface area contributed by atoms with Crippen molar-refractivity contribution in [3.8, 4) is 11.4 Å². The van der Waals surface area contributed by atoms with E-state index in [1.54, 1.807) is 11.3 Å². The molecule has 1 aliphatic rings. The van der Waals surface area contributed by atoms with E-state index in [1.165, 1.54) is 23.0 Å². The van der Waals surface area contributed by atoms with E-state index in [0.717, 1.165) is 49.0 Å². The highest BCUT2D eigenvalue weighted by Crippen LogP contribution is 2.31. The second kappa shape index (κ2) is 10.5. The van der Waals surface area contributed by atoms with Crippen LogP contribution >= 0.6 is 23.1 Å². The van der Waals surface area contributed by atoms with E-state index in [9.17, 15) is 4.79 Å². The predicted octanol–water partition coefficient (Wildman–Crippen LogP) is 5.16. The van der Waals surface area contributed by atoms with E-state index in [1.807, 2.05) is 4.90 Å². The van der Waals surface area contributed by atoms with Crippen LogP contribution in [0.25, 0.3) is 11.4 Å². The Balaban J connectivity index is 1.44. The normalized spacial score (nSPS) is 13.3. The molecule has 0 radical (unpaired) electrons. The van der Waals surface area contributed by atoms with Crippen LogP contribution in [0.3, 0.4) is 0 Å². The maximum absolute atomic E-state index is 13.0. The average molecular weight is 470 g/mol. The highest BCUT2D eigenvalue weighted by molar-refractivity contribution is 7.99. The molecule has 2 aromatic heterocycles. The molecular weight excluding hydrogens is 438 g/mol. The summed E-state index contributed by atoms with van der Waals surface area (Å²) in [7, 11) is 0. The second-order valence-electron chi connectivity index (χ2n) is 7.94. The zero-order chi connectivity index (χ0) is 22.5. The van der Waals surface area contributed by atoms with E-state index in [4.69, 9.17) is 0 Å². The first kappa shape index (κ1) is 22.9. The summed E-state index contributed by atoms with van der Waals surface area (Å²) in [5.41, 5.74) is 3.48. The topological polar surface area (TPSA) is 54.3 Å². The molecule has 8 heteroatoms. The van der Waals surface area contributed by atoms with Crippen molar-refractivity contribution in [2.24, 2.45) is 0 Å². The number of rotatable bonds is 11. The molecule has 4 rings (SSSR count). The molecule has 1 saturated carbocycles. The number of anilines is 1. The summed E-state index contributed by atoms with van der Waals surface area (Å²) in [6.45, 7) is 9.87. The number of amides is 1. The van der Waals surface area contributed by atoms with Gasteiger partial charge in [0, 0.05) is 43.5 Å². The van der Waals surface area contributed by atoms with Gasteiger partial charge in [0.15, 0.2) is 11.0 Å². The fraction of sp³-hybridized carbons (Fsp3) is 0.458. The monoisotopic (exact) mass is 469 g/mol. The molecule has 170 valence electrons. The highest BCUT2D eigenvalue weighted by atomic mass is 32.2. The zero-order valence-corrected chi connectivity index (χ0v) is 20.7. The molecule has 0 aliphatic heterocycles. The highest BCUT2D eigenvalue weighted by Gasteiger charge is 2.32. The number of hydrogen-bond acceptors (Lipinski definition) is 6. The van der Waals surface area contributed by atoms with Crippen LogP contribution in [0.15, 0.2) is 46.2 Å². The SMILES string of the molecule is CCN(CC)c1ccc(-c2nnc(SCC(=O)N(Cc3ccsc3)C3CC3)n2CC)cc1. The van der Waals surface area contributed by atoms with Gasteiger partial charge in [-0.15, -0.1) is 10.2 Å². The molecule has 0 unspecified atom stereocenters. The summed E-state index contributed by atoms with van der Waals surface area (Å²) in [6, 6.07) is 11.0. The number of benzene rings is 1. The first-order valence-corrected chi connectivity index (χ1v) is 13.3. The Labute approximate surface area is 198 Å². The lowest BCUT2D eigenvalue weighted by atomic mass is 10.2. The Kier molecular flexibility index (Phi) is 7.52. The van der Waals surface area contributed by atoms with Gasteiger partial charge < -0.3 is 14.4 Å². The minimum Gasteiger partial charge on any atom is -0.372 e. The van der Waals surface area contributed by atoms with Gasteiger partial charge in [0.2, 0.25) is 5.91 Å². The quantitative estimate of drug-likeness (QED) is 0.363. The van der Waals surface area contributed by atoms with Gasteiger partial charge in [-0.3, -0.25) is 4.79 Å². The van der Waals surface area contributed by atoms with Gasteiger partial charge in [0.05, 0.1) is 5.75 Å². The van der Waals surface area contributed by atoms with Crippen molar-refractivity contribution in [1.82, 2.24) is 19.7 Å². The number of aromatic nitrogens is 3. The third-order valence-corrected chi connectivity index (χ3v) is 7.54. The van der Waals surface area contributed by atoms with Crippen LogP contribution in [-0.4, -0.2) is 50.5 Å². The molecule has 1 aliphatic carbocycles. The van der Waals surface area contributed by atoms with Crippen LogP contribution in [0.5, 0.6) is 0 Å².